The van der Waals surface area contributed by atoms with Gasteiger partial charge in [-0.3, -0.25) is 4.79 Å². The molecule has 0 bridgehead atoms. The molecule has 86 valence electrons. The molecule has 0 aromatic heterocycles. The van der Waals surface area contributed by atoms with E-state index in [1.807, 2.05) is 24.3 Å². The lowest BCUT2D eigenvalue weighted by atomic mass is 10.1. The third-order valence-electron chi connectivity index (χ3n) is 3.09. The van der Waals surface area contributed by atoms with Gasteiger partial charge in [0.1, 0.15) is 0 Å². The Morgan fingerprint density at radius 2 is 2.25 bits per heavy atom. The highest BCUT2D eigenvalue weighted by molar-refractivity contribution is 5.78. The summed E-state index contributed by atoms with van der Waals surface area (Å²) < 4.78 is 0. The van der Waals surface area contributed by atoms with Crippen molar-refractivity contribution >= 4 is 11.6 Å². The van der Waals surface area contributed by atoms with E-state index in [0.717, 1.165) is 24.2 Å². The van der Waals surface area contributed by atoms with Gasteiger partial charge in [0.25, 0.3) is 0 Å². The SMILES string of the molecule is NC(=O)C1CCN(c2ccccc2CO)C1. The molecular formula is C12H16N2O2. The van der Waals surface area contributed by atoms with Crippen molar-refractivity contribution in [3.05, 3.63) is 29.8 Å². The van der Waals surface area contributed by atoms with Crippen LogP contribution in [0, 0.1) is 5.92 Å². The summed E-state index contributed by atoms with van der Waals surface area (Å²) in [5, 5.41) is 9.24. The Hall–Kier alpha value is -1.55. The molecule has 0 radical (unpaired) electrons. The van der Waals surface area contributed by atoms with E-state index in [4.69, 9.17) is 5.73 Å². The third kappa shape index (κ3) is 2.02. The lowest BCUT2D eigenvalue weighted by molar-refractivity contribution is -0.121. The van der Waals surface area contributed by atoms with E-state index in [1.165, 1.54) is 0 Å². The molecule has 1 amide bonds. The van der Waals surface area contributed by atoms with Gasteiger partial charge >= 0.3 is 0 Å². The van der Waals surface area contributed by atoms with Crippen LogP contribution in [0.1, 0.15) is 12.0 Å². The fraction of sp³-hybridized carbons (Fsp3) is 0.417. The van der Waals surface area contributed by atoms with E-state index in [1.54, 1.807) is 0 Å². The molecule has 1 saturated heterocycles. The van der Waals surface area contributed by atoms with Crippen LogP contribution in [0.15, 0.2) is 24.3 Å². The molecule has 4 nitrogen and oxygen atoms in total. The van der Waals surface area contributed by atoms with Crippen molar-refractivity contribution in [3.8, 4) is 0 Å². The molecular weight excluding hydrogens is 204 g/mol. The largest absolute Gasteiger partial charge is 0.392 e. The van der Waals surface area contributed by atoms with Crippen LogP contribution in [-0.2, 0) is 11.4 Å². The maximum absolute atomic E-state index is 11.1. The number of anilines is 1. The molecule has 0 spiro atoms. The molecule has 4 heteroatoms. The van der Waals surface area contributed by atoms with E-state index in [0.29, 0.717) is 6.54 Å². The van der Waals surface area contributed by atoms with Crippen LogP contribution in [0.25, 0.3) is 0 Å². The summed E-state index contributed by atoms with van der Waals surface area (Å²) in [5.74, 6) is -0.296. The summed E-state index contributed by atoms with van der Waals surface area (Å²) in [4.78, 5) is 13.2. The number of para-hydroxylation sites is 1. The molecule has 1 unspecified atom stereocenters. The van der Waals surface area contributed by atoms with Crippen molar-refractivity contribution in [3.63, 3.8) is 0 Å². The molecule has 0 saturated carbocycles. The molecule has 1 aliphatic rings. The highest BCUT2D eigenvalue weighted by Gasteiger charge is 2.27. The Morgan fingerprint density at radius 3 is 2.88 bits per heavy atom. The molecule has 2 rings (SSSR count). The monoisotopic (exact) mass is 220 g/mol. The highest BCUT2D eigenvalue weighted by atomic mass is 16.3. The Balaban J connectivity index is 2.17. The summed E-state index contributed by atoms with van der Waals surface area (Å²) in [6, 6.07) is 7.70. The van der Waals surface area contributed by atoms with Gasteiger partial charge in [0.2, 0.25) is 5.91 Å². The van der Waals surface area contributed by atoms with Crippen molar-refractivity contribution in [2.45, 2.75) is 13.0 Å². The van der Waals surface area contributed by atoms with Gasteiger partial charge in [-0.25, -0.2) is 0 Å². The lowest BCUT2D eigenvalue weighted by Gasteiger charge is -2.20. The number of carbonyl (C=O) groups excluding carboxylic acids is 1. The predicted octanol–water partition coefficient (Wildman–Crippen LogP) is 0.490. The van der Waals surface area contributed by atoms with Crippen LogP contribution < -0.4 is 10.6 Å². The van der Waals surface area contributed by atoms with Crippen molar-refractivity contribution in [1.29, 1.82) is 0 Å². The van der Waals surface area contributed by atoms with Gasteiger partial charge < -0.3 is 15.7 Å². The van der Waals surface area contributed by atoms with Crippen LogP contribution in [0.3, 0.4) is 0 Å². The van der Waals surface area contributed by atoms with Crippen LogP contribution >= 0.6 is 0 Å². The Bertz CT molecular complexity index is 392. The number of aliphatic hydroxyl groups is 1. The van der Waals surface area contributed by atoms with Crippen LogP contribution in [0.5, 0.6) is 0 Å². The van der Waals surface area contributed by atoms with Gasteiger partial charge in [-0.05, 0) is 12.5 Å². The molecule has 0 aliphatic carbocycles. The van der Waals surface area contributed by atoms with E-state index >= 15 is 0 Å². The van der Waals surface area contributed by atoms with Crippen molar-refractivity contribution in [1.82, 2.24) is 0 Å². The van der Waals surface area contributed by atoms with E-state index in [2.05, 4.69) is 4.90 Å². The van der Waals surface area contributed by atoms with E-state index in [-0.39, 0.29) is 18.4 Å². The number of hydrogen-bond acceptors (Lipinski definition) is 3. The van der Waals surface area contributed by atoms with Gasteiger partial charge in [0.05, 0.1) is 12.5 Å². The smallest absolute Gasteiger partial charge is 0.222 e. The van der Waals surface area contributed by atoms with Crippen LogP contribution in [-0.4, -0.2) is 24.1 Å². The zero-order valence-corrected chi connectivity index (χ0v) is 9.10. The second-order valence-corrected chi connectivity index (χ2v) is 4.12. The maximum atomic E-state index is 11.1. The van der Waals surface area contributed by atoms with Gasteiger partial charge in [-0.2, -0.15) is 0 Å². The topological polar surface area (TPSA) is 66.6 Å². The zero-order valence-electron chi connectivity index (χ0n) is 9.10. The molecule has 1 heterocycles. The molecule has 1 aromatic carbocycles. The number of amides is 1. The number of aliphatic hydroxyl groups excluding tert-OH is 1. The first-order chi connectivity index (χ1) is 7.72. The minimum absolute atomic E-state index is 0.0217. The number of benzene rings is 1. The number of nitrogens with zero attached hydrogens (tertiary/aromatic N) is 1. The fourth-order valence-electron chi connectivity index (χ4n) is 2.16. The third-order valence-corrected chi connectivity index (χ3v) is 3.09. The number of nitrogens with two attached hydrogens (primary N) is 1. The fourth-order valence-corrected chi connectivity index (χ4v) is 2.16. The minimum Gasteiger partial charge on any atom is -0.392 e. The van der Waals surface area contributed by atoms with Gasteiger partial charge in [0.15, 0.2) is 0 Å². The van der Waals surface area contributed by atoms with E-state index < -0.39 is 0 Å². The minimum atomic E-state index is -0.232. The normalized spacial score (nSPS) is 20.1. The maximum Gasteiger partial charge on any atom is 0.222 e. The summed E-state index contributed by atoms with van der Waals surface area (Å²) in [6.45, 7) is 1.50. The average molecular weight is 220 g/mol. The first-order valence-electron chi connectivity index (χ1n) is 5.45. The standard InChI is InChI=1S/C12H16N2O2/c13-12(16)9-5-6-14(7-9)11-4-2-1-3-10(11)8-15/h1-4,9,15H,5-8H2,(H2,13,16). The number of rotatable bonds is 3. The van der Waals surface area contributed by atoms with Gasteiger partial charge in [-0.15, -0.1) is 0 Å². The Kier molecular flexibility index (Phi) is 3.10. The van der Waals surface area contributed by atoms with Gasteiger partial charge in [0, 0.05) is 24.3 Å². The zero-order chi connectivity index (χ0) is 11.5. The van der Waals surface area contributed by atoms with Gasteiger partial charge in [-0.1, -0.05) is 18.2 Å². The number of primary amides is 1. The Morgan fingerprint density at radius 1 is 1.50 bits per heavy atom. The van der Waals surface area contributed by atoms with Crippen LogP contribution in [0.4, 0.5) is 5.69 Å². The van der Waals surface area contributed by atoms with Crippen molar-refractivity contribution in [2.75, 3.05) is 18.0 Å². The molecule has 16 heavy (non-hydrogen) atoms. The molecule has 1 atom stereocenters. The first-order valence-corrected chi connectivity index (χ1v) is 5.45. The van der Waals surface area contributed by atoms with Crippen LogP contribution in [0.2, 0.25) is 0 Å². The number of carbonyl (C=O) groups is 1. The van der Waals surface area contributed by atoms with Crippen molar-refractivity contribution < 1.29 is 9.90 Å². The van der Waals surface area contributed by atoms with Crippen molar-refractivity contribution in [2.24, 2.45) is 11.7 Å². The summed E-state index contributed by atoms with van der Waals surface area (Å²) >= 11 is 0. The average Bonchev–Trinajstić information content (AvgIpc) is 2.78. The lowest BCUT2D eigenvalue weighted by Crippen LogP contribution is -2.27. The summed E-state index contributed by atoms with van der Waals surface area (Å²) in [5.41, 5.74) is 7.20. The summed E-state index contributed by atoms with van der Waals surface area (Å²) in [6.07, 6.45) is 0.801. The highest BCUT2D eigenvalue weighted by Crippen LogP contribution is 2.26. The second-order valence-electron chi connectivity index (χ2n) is 4.12. The number of hydrogen-bond donors (Lipinski definition) is 2. The molecule has 1 aromatic rings. The molecule has 3 N–H and O–H groups in total. The Labute approximate surface area is 94.7 Å². The molecule has 1 aliphatic heterocycles. The van der Waals surface area contributed by atoms with E-state index in [9.17, 15) is 9.90 Å². The second kappa shape index (κ2) is 4.53. The molecule has 1 fully saturated rings. The predicted molar refractivity (Wildman–Crippen MR) is 61.9 cm³/mol. The quantitative estimate of drug-likeness (QED) is 0.779. The first kappa shape index (κ1) is 11.0. The summed E-state index contributed by atoms with van der Waals surface area (Å²) in [7, 11) is 0.